The average Bonchev–Trinajstić information content (AvgIpc) is 2.67. The van der Waals surface area contributed by atoms with E-state index in [9.17, 15) is 4.79 Å². The van der Waals surface area contributed by atoms with E-state index in [1.807, 2.05) is 18.2 Å². The largest absolute Gasteiger partial charge is 0.457 e. The molecule has 0 N–H and O–H groups in total. The number of carbonyl (C=O) groups is 1. The van der Waals surface area contributed by atoms with Gasteiger partial charge in [0.1, 0.15) is 6.61 Å². The molecule has 1 aromatic carbocycles. The van der Waals surface area contributed by atoms with Crippen molar-refractivity contribution in [2.45, 2.75) is 52.1 Å². The topological polar surface area (TPSA) is 35.5 Å². The smallest absolute Gasteiger partial charge is 0.338 e. The number of benzene rings is 1. The van der Waals surface area contributed by atoms with Gasteiger partial charge in [0.05, 0.1) is 12.2 Å². The Labute approximate surface area is 116 Å². The molecule has 0 aromatic heterocycles. The van der Waals surface area contributed by atoms with Crippen LogP contribution in [-0.4, -0.2) is 14.3 Å². The third-order valence-corrected chi connectivity index (χ3v) is 8.63. The van der Waals surface area contributed by atoms with Crippen LogP contribution < -0.4 is 0 Å². The molecule has 0 bridgehead atoms. The molecule has 0 saturated heterocycles. The van der Waals surface area contributed by atoms with E-state index in [0.29, 0.717) is 18.8 Å². The fourth-order valence-electron chi connectivity index (χ4n) is 1.76. The van der Waals surface area contributed by atoms with Crippen molar-refractivity contribution < 1.29 is 14.0 Å². The number of hydrogen-bond donors (Lipinski definition) is 0. The van der Waals surface area contributed by atoms with Crippen molar-refractivity contribution in [1.82, 2.24) is 0 Å². The van der Waals surface area contributed by atoms with E-state index in [4.69, 9.17) is 9.16 Å². The summed E-state index contributed by atoms with van der Waals surface area (Å²) in [7, 11) is -1.72. The van der Waals surface area contributed by atoms with E-state index in [1.54, 1.807) is 0 Å². The van der Waals surface area contributed by atoms with Crippen LogP contribution in [0.25, 0.3) is 0 Å². The first-order valence-corrected chi connectivity index (χ1v) is 9.54. The maximum Gasteiger partial charge on any atom is 0.338 e. The van der Waals surface area contributed by atoms with Crippen LogP contribution in [0, 0.1) is 0 Å². The third kappa shape index (κ3) is 2.90. The van der Waals surface area contributed by atoms with Crippen LogP contribution >= 0.6 is 0 Å². The molecule has 104 valence electrons. The molecule has 19 heavy (non-hydrogen) atoms. The van der Waals surface area contributed by atoms with Crippen LogP contribution in [-0.2, 0) is 22.4 Å². The fourth-order valence-corrected chi connectivity index (χ4v) is 2.72. The number of hydrogen-bond acceptors (Lipinski definition) is 3. The monoisotopic (exact) mass is 278 g/mol. The van der Waals surface area contributed by atoms with E-state index >= 15 is 0 Å². The van der Waals surface area contributed by atoms with Gasteiger partial charge in [-0.15, -0.1) is 0 Å². The van der Waals surface area contributed by atoms with Gasteiger partial charge in [0.25, 0.3) is 0 Å². The van der Waals surface area contributed by atoms with E-state index in [1.165, 1.54) is 0 Å². The lowest BCUT2D eigenvalue weighted by Gasteiger charge is -2.36. The SMILES string of the molecule is CC(C)(C)[Si](C)(C)OCc1ccc2c(c1)COC2=O. The van der Waals surface area contributed by atoms with Crippen molar-refractivity contribution in [1.29, 1.82) is 0 Å². The molecule has 1 aliphatic rings. The van der Waals surface area contributed by atoms with E-state index in [2.05, 4.69) is 33.9 Å². The Hall–Kier alpha value is -1.13. The minimum atomic E-state index is -1.72. The van der Waals surface area contributed by atoms with Crippen molar-refractivity contribution in [2.24, 2.45) is 0 Å². The maximum atomic E-state index is 11.4. The minimum Gasteiger partial charge on any atom is -0.457 e. The Kier molecular flexibility index (Phi) is 3.58. The summed E-state index contributed by atoms with van der Waals surface area (Å²) in [5.74, 6) is -0.216. The van der Waals surface area contributed by atoms with Crippen LogP contribution in [0.4, 0.5) is 0 Å². The highest BCUT2D eigenvalue weighted by Gasteiger charge is 2.37. The van der Waals surface area contributed by atoms with Gasteiger partial charge < -0.3 is 9.16 Å². The van der Waals surface area contributed by atoms with Gasteiger partial charge in [-0.3, -0.25) is 0 Å². The van der Waals surface area contributed by atoms with Crippen molar-refractivity contribution in [3.63, 3.8) is 0 Å². The van der Waals surface area contributed by atoms with Gasteiger partial charge in [-0.1, -0.05) is 26.8 Å². The van der Waals surface area contributed by atoms with Crippen molar-refractivity contribution in [3.8, 4) is 0 Å². The van der Waals surface area contributed by atoms with Crippen LogP contribution in [0.2, 0.25) is 18.1 Å². The first-order chi connectivity index (χ1) is 8.71. The summed E-state index contributed by atoms with van der Waals surface area (Å²) in [5, 5.41) is 0.211. The summed E-state index contributed by atoms with van der Waals surface area (Å²) in [6.07, 6.45) is 0. The molecule has 3 nitrogen and oxygen atoms in total. The van der Waals surface area contributed by atoms with Gasteiger partial charge in [0.15, 0.2) is 8.32 Å². The molecule has 4 heteroatoms. The minimum absolute atomic E-state index is 0.211. The highest BCUT2D eigenvalue weighted by Crippen LogP contribution is 2.37. The number of ether oxygens (including phenoxy) is 1. The first kappa shape index (κ1) is 14.3. The molecule has 2 rings (SSSR count). The van der Waals surface area contributed by atoms with Gasteiger partial charge >= 0.3 is 5.97 Å². The molecule has 0 amide bonds. The molecular weight excluding hydrogens is 256 g/mol. The molecule has 1 aromatic rings. The molecule has 1 heterocycles. The number of rotatable bonds is 3. The standard InChI is InChI=1S/C15H22O3Si/c1-15(2,3)19(4,5)18-9-11-6-7-13-12(8-11)10-17-14(13)16/h6-8H,9-10H2,1-5H3. The lowest BCUT2D eigenvalue weighted by Crippen LogP contribution is -2.40. The second-order valence-corrected chi connectivity index (χ2v) is 11.4. The summed E-state index contributed by atoms with van der Waals surface area (Å²) in [4.78, 5) is 11.4. The Morgan fingerprint density at radius 3 is 2.63 bits per heavy atom. The molecule has 0 radical (unpaired) electrons. The quantitative estimate of drug-likeness (QED) is 0.622. The summed E-state index contributed by atoms with van der Waals surface area (Å²) in [6.45, 7) is 12.2. The third-order valence-electron chi connectivity index (χ3n) is 4.15. The lowest BCUT2D eigenvalue weighted by molar-refractivity contribution is 0.0535. The van der Waals surface area contributed by atoms with Crippen LogP contribution in [0.3, 0.4) is 0 Å². The second-order valence-electron chi connectivity index (χ2n) is 6.62. The predicted octanol–water partition coefficient (Wildman–Crippen LogP) is 3.88. The van der Waals surface area contributed by atoms with Gasteiger partial charge in [0, 0.05) is 5.56 Å². The highest BCUT2D eigenvalue weighted by atomic mass is 28.4. The Bertz CT molecular complexity index is 501. The molecule has 0 unspecified atom stereocenters. The molecule has 0 aliphatic carbocycles. The predicted molar refractivity (Wildman–Crippen MR) is 77.5 cm³/mol. The number of cyclic esters (lactones) is 1. The number of esters is 1. The summed E-state index contributed by atoms with van der Waals surface area (Å²) in [5.41, 5.74) is 2.78. The van der Waals surface area contributed by atoms with Gasteiger partial charge in [-0.05, 0) is 35.8 Å². The molecule has 0 saturated carbocycles. The summed E-state index contributed by atoms with van der Waals surface area (Å²) in [6, 6.07) is 5.82. The van der Waals surface area contributed by atoms with Crippen LogP contribution in [0.5, 0.6) is 0 Å². The van der Waals surface area contributed by atoms with Crippen molar-refractivity contribution >= 4 is 14.3 Å². The normalized spacial score (nSPS) is 15.3. The van der Waals surface area contributed by atoms with E-state index in [0.717, 1.165) is 11.1 Å². The van der Waals surface area contributed by atoms with Gasteiger partial charge in [0.2, 0.25) is 0 Å². The average molecular weight is 278 g/mol. The lowest BCUT2D eigenvalue weighted by atomic mass is 10.1. The zero-order valence-electron chi connectivity index (χ0n) is 12.4. The summed E-state index contributed by atoms with van der Waals surface area (Å²) < 4.78 is 11.2. The van der Waals surface area contributed by atoms with E-state index in [-0.39, 0.29) is 11.0 Å². The zero-order valence-corrected chi connectivity index (χ0v) is 13.4. The fraction of sp³-hybridized carbons (Fsp3) is 0.533. The Morgan fingerprint density at radius 2 is 2.00 bits per heavy atom. The Morgan fingerprint density at radius 1 is 1.32 bits per heavy atom. The molecule has 1 aliphatic heterocycles. The Balaban J connectivity index is 2.08. The molecular formula is C15H22O3Si. The van der Waals surface area contributed by atoms with Crippen molar-refractivity contribution in [3.05, 3.63) is 34.9 Å². The van der Waals surface area contributed by atoms with Crippen LogP contribution in [0.15, 0.2) is 18.2 Å². The van der Waals surface area contributed by atoms with E-state index < -0.39 is 8.32 Å². The van der Waals surface area contributed by atoms with Gasteiger partial charge in [-0.2, -0.15) is 0 Å². The highest BCUT2D eigenvalue weighted by molar-refractivity contribution is 6.74. The van der Waals surface area contributed by atoms with Gasteiger partial charge in [-0.25, -0.2) is 4.79 Å². The molecule has 0 fully saturated rings. The second kappa shape index (κ2) is 4.76. The summed E-state index contributed by atoms with van der Waals surface area (Å²) >= 11 is 0. The zero-order chi connectivity index (χ0) is 14.3. The maximum absolute atomic E-state index is 11.4. The number of carbonyl (C=O) groups excluding carboxylic acids is 1. The van der Waals surface area contributed by atoms with Crippen molar-refractivity contribution in [2.75, 3.05) is 0 Å². The molecule has 0 atom stereocenters. The van der Waals surface area contributed by atoms with Crippen LogP contribution in [0.1, 0.15) is 42.3 Å². The number of fused-ring (bicyclic) bond motifs is 1. The first-order valence-electron chi connectivity index (χ1n) is 6.63. The molecule has 0 spiro atoms.